The normalized spacial score (nSPS) is 24.5. The van der Waals surface area contributed by atoms with Gasteiger partial charge in [0.1, 0.15) is 24.0 Å². The second-order valence-corrected chi connectivity index (χ2v) is 6.75. The number of benzene rings is 1. The maximum atomic E-state index is 13.7. The average molecular weight is 407 g/mol. The lowest BCUT2D eigenvalue weighted by Gasteiger charge is -2.34. The molecule has 0 aliphatic carbocycles. The summed E-state index contributed by atoms with van der Waals surface area (Å²) < 4.78 is 46.4. The van der Waals surface area contributed by atoms with Gasteiger partial charge in [-0.1, -0.05) is 30.3 Å². The highest BCUT2D eigenvalue weighted by molar-refractivity contribution is 6.19. The standard InChI is InChI=1S/C18H16F3N5O3/c1-8-11(16-24-10(7-29-16)14(22)27)17(28)26-15(23-8)12(9-5-3-2-4-6-9)13(25-26)18(19,20)21/h2-7,12-13,15,23,25H,1H3,(H2,22,27). The summed E-state index contributed by atoms with van der Waals surface area (Å²) in [5.74, 6) is -2.90. The first-order valence-electron chi connectivity index (χ1n) is 8.63. The first kappa shape index (κ1) is 19.0. The average Bonchev–Trinajstić information content (AvgIpc) is 3.27. The third-order valence-electron chi connectivity index (χ3n) is 4.94. The van der Waals surface area contributed by atoms with E-state index in [0.29, 0.717) is 5.56 Å². The number of oxazole rings is 1. The van der Waals surface area contributed by atoms with Crippen molar-refractivity contribution in [1.82, 2.24) is 20.7 Å². The number of nitrogens with one attached hydrogen (secondary N) is 2. The highest BCUT2D eigenvalue weighted by Crippen LogP contribution is 2.42. The van der Waals surface area contributed by atoms with Crippen LogP contribution in [-0.4, -0.2) is 40.2 Å². The molecule has 0 radical (unpaired) electrons. The number of rotatable bonds is 3. The number of halogens is 3. The second-order valence-electron chi connectivity index (χ2n) is 6.75. The van der Waals surface area contributed by atoms with Crippen molar-refractivity contribution in [3.63, 3.8) is 0 Å². The lowest BCUT2D eigenvalue weighted by molar-refractivity contribution is -0.161. The summed E-state index contributed by atoms with van der Waals surface area (Å²) in [6.07, 6.45) is -4.60. The van der Waals surface area contributed by atoms with Gasteiger partial charge in [0.25, 0.3) is 11.8 Å². The Morgan fingerprint density at radius 1 is 1.28 bits per heavy atom. The van der Waals surface area contributed by atoms with E-state index in [2.05, 4.69) is 15.7 Å². The Bertz CT molecular complexity index is 1000. The molecule has 1 fully saturated rings. The van der Waals surface area contributed by atoms with Crippen LogP contribution in [-0.2, 0) is 4.79 Å². The Morgan fingerprint density at radius 3 is 2.55 bits per heavy atom. The largest absolute Gasteiger partial charge is 0.443 e. The van der Waals surface area contributed by atoms with Gasteiger partial charge in [0.2, 0.25) is 5.89 Å². The number of nitrogens with two attached hydrogens (primary N) is 1. The van der Waals surface area contributed by atoms with Gasteiger partial charge < -0.3 is 15.5 Å². The van der Waals surface area contributed by atoms with Gasteiger partial charge in [0.15, 0.2) is 5.69 Å². The number of alkyl halides is 3. The van der Waals surface area contributed by atoms with Crippen molar-refractivity contribution < 1.29 is 27.2 Å². The molecule has 0 saturated carbocycles. The predicted molar refractivity (Wildman–Crippen MR) is 93.5 cm³/mol. The molecule has 29 heavy (non-hydrogen) atoms. The first-order valence-corrected chi connectivity index (χ1v) is 8.63. The Kier molecular flexibility index (Phi) is 4.34. The van der Waals surface area contributed by atoms with E-state index in [4.69, 9.17) is 10.2 Å². The van der Waals surface area contributed by atoms with Crippen molar-refractivity contribution in [2.45, 2.75) is 31.2 Å². The third kappa shape index (κ3) is 3.12. The van der Waals surface area contributed by atoms with Crippen molar-refractivity contribution in [3.05, 3.63) is 59.4 Å². The molecule has 0 spiro atoms. The number of aromatic nitrogens is 1. The molecule has 3 atom stereocenters. The molecule has 4 rings (SSSR count). The van der Waals surface area contributed by atoms with Gasteiger partial charge in [-0.3, -0.25) is 9.59 Å². The molecule has 8 nitrogen and oxygen atoms in total. The minimum Gasteiger partial charge on any atom is -0.443 e. The van der Waals surface area contributed by atoms with Crippen molar-refractivity contribution in [1.29, 1.82) is 0 Å². The topological polar surface area (TPSA) is 113 Å². The third-order valence-corrected chi connectivity index (χ3v) is 4.94. The molecule has 2 amide bonds. The molecule has 3 heterocycles. The predicted octanol–water partition coefficient (Wildman–Crippen LogP) is 1.50. The Balaban J connectivity index is 1.75. The van der Waals surface area contributed by atoms with Crippen molar-refractivity contribution in [3.8, 4) is 0 Å². The molecule has 1 aromatic carbocycles. The summed E-state index contributed by atoms with van der Waals surface area (Å²) in [5.41, 5.74) is 7.84. The molecule has 2 aliphatic rings. The number of hydrogen-bond donors (Lipinski definition) is 3. The number of allylic oxidation sites excluding steroid dienone is 1. The fourth-order valence-electron chi connectivity index (χ4n) is 3.65. The minimum atomic E-state index is -4.60. The number of primary amides is 1. The molecule has 2 aliphatic heterocycles. The summed E-state index contributed by atoms with van der Waals surface area (Å²) >= 11 is 0. The van der Waals surface area contributed by atoms with Gasteiger partial charge in [-0.05, 0) is 12.5 Å². The maximum absolute atomic E-state index is 13.7. The maximum Gasteiger partial charge on any atom is 0.406 e. The van der Waals surface area contributed by atoms with E-state index in [1.807, 2.05) is 0 Å². The minimum absolute atomic E-state index is 0.0871. The molecule has 1 aromatic heterocycles. The fraction of sp³-hybridized carbons (Fsp3) is 0.278. The van der Waals surface area contributed by atoms with Gasteiger partial charge in [-0.2, -0.15) is 13.2 Å². The van der Waals surface area contributed by atoms with E-state index in [1.54, 1.807) is 30.3 Å². The van der Waals surface area contributed by atoms with Crippen LogP contribution in [0.2, 0.25) is 0 Å². The second kappa shape index (κ2) is 6.62. The van der Waals surface area contributed by atoms with Gasteiger partial charge in [-0.15, -0.1) is 0 Å². The van der Waals surface area contributed by atoms with E-state index in [9.17, 15) is 22.8 Å². The van der Waals surface area contributed by atoms with Crippen LogP contribution >= 0.6 is 0 Å². The van der Waals surface area contributed by atoms with Gasteiger partial charge in [0, 0.05) is 5.70 Å². The van der Waals surface area contributed by atoms with Crippen LogP contribution in [0.5, 0.6) is 0 Å². The Morgan fingerprint density at radius 2 is 1.97 bits per heavy atom. The number of amides is 2. The van der Waals surface area contributed by atoms with E-state index < -0.39 is 36.1 Å². The number of hydrogen-bond acceptors (Lipinski definition) is 6. The smallest absolute Gasteiger partial charge is 0.406 e. The number of carbonyl (C=O) groups is 2. The number of nitrogens with zero attached hydrogens (tertiary/aromatic N) is 2. The number of carbonyl (C=O) groups excluding carboxylic acids is 2. The summed E-state index contributed by atoms with van der Waals surface area (Å²) in [7, 11) is 0. The summed E-state index contributed by atoms with van der Waals surface area (Å²) in [6.45, 7) is 1.53. The Hall–Kier alpha value is -3.34. The van der Waals surface area contributed by atoms with Gasteiger partial charge in [0.05, 0.1) is 5.92 Å². The molecular formula is C18H16F3N5O3. The summed E-state index contributed by atoms with van der Waals surface area (Å²) in [4.78, 5) is 28.1. The van der Waals surface area contributed by atoms with Crippen LogP contribution in [0.15, 0.2) is 46.7 Å². The van der Waals surface area contributed by atoms with E-state index in [1.165, 1.54) is 6.92 Å². The lowest BCUT2D eigenvalue weighted by atomic mass is 9.89. The molecule has 0 bridgehead atoms. The summed E-state index contributed by atoms with van der Waals surface area (Å²) in [5, 5.41) is 3.85. The quantitative estimate of drug-likeness (QED) is 0.711. The molecule has 4 N–H and O–H groups in total. The highest BCUT2D eigenvalue weighted by Gasteiger charge is 2.58. The van der Waals surface area contributed by atoms with Crippen LogP contribution in [0.4, 0.5) is 13.2 Å². The SMILES string of the molecule is CC1=C(c2nc(C(N)=O)co2)C(=O)N2NC(C(F)(F)F)C(c3ccccc3)C2N1. The van der Waals surface area contributed by atoms with E-state index >= 15 is 0 Å². The van der Waals surface area contributed by atoms with Crippen LogP contribution in [0.1, 0.15) is 34.8 Å². The molecule has 2 aromatic rings. The fourth-order valence-corrected chi connectivity index (χ4v) is 3.65. The monoisotopic (exact) mass is 407 g/mol. The molecule has 11 heteroatoms. The van der Waals surface area contributed by atoms with Crippen LogP contribution in [0.3, 0.4) is 0 Å². The molecule has 3 unspecified atom stereocenters. The van der Waals surface area contributed by atoms with E-state index in [0.717, 1.165) is 11.3 Å². The van der Waals surface area contributed by atoms with Gasteiger partial charge >= 0.3 is 6.18 Å². The molecule has 1 saturated heterocycles. The van der Waals surface area contributed by atoms with Crippen LogP contribution in [0, 0.1) is 0 Å². The van der Waals surface area contributed by atoms with Crippen molar-refractivity contribution >= 4 is 17.4 Å². The van der Waals surface area contributed by atoms with Crippen molar-refractivity contribution in [2.24, 2.45) is 5.73 Å². The van der Waals surface area contributed by atoms with E-state index in [-0.39, 0.29) is 22.9 Å². The number of hydrazine groups is 1. The Labute approximate surface area is 162 Å². The zero-order valence-electron chi connectivity index (χ0n) is 15.0. The highest BCUT2D eigenvalue weighted by atomic mass is 19.4. The first-order chi connectivity index (χ1) is 13.7. The molecular weight excluding hydrogens is 391 g/mol. The zero-order valence-corrected chi connectivity index (χ0v) is 15.0. The van der Waals surface area contributed by atoms with Crippen LogP contribution < -0.4 is 16.5 Å². The zero-order chi connectivity index (χ0) is 20.9. The van der Waals surface area contributed by atoms with Crippen molar-refractivity contribution in [2.75, 3.05) is 0 Å². The molecule has 152 valence electrons. The lowest BCUT2D eigenvalue weighted by Crippen LogP contribution is -2.54. The van der Waals surface area contributed by atoms with Gasteiger partial charge in [-0.25, -0.2) is 15.4 Å². The number of fused-ring (bicyclic) bond motifs is 1. The van der Waals surface area contributed by atoms with Crippen LogP contribution in [0.25, 0.3) is 5.57 Å². The summed E-state index contributed by atoms with van der Waals surface area (Å²) in [6, 6.07) is 6.17.